The molecule has 6 heteroatoms. The molecule has 0 saturated heterocycles. The highest BCUT2D eigenvalue weighted by Gasteiger charge is 2.10. The van der Waals surface area contributed by atoms with Gasteiger partial charge >= 0.3 is 5.97 Å². The Kier molecular flexibility index (Phi) is 4.29. The fraction of sp³-hybridized carbons (Fsp3) is 0.667. The van der Waals surface area contributed by atoms with Gasteiger partial charge in [0, 0.05) is 6.42 Å². The van der Waals surface area contributed by atoms with Crippen molar-refractivity contribution in [2.75, 3.05) is 11.5 Å². The van der Waals surface area contributed by atoms with Gasteiger partial charge in [-0.05, 0) is 6.42 Å². The lowest BCUT2D eigenvalue weighted by molar-refractivity contribution is -0.137. The first kappa shape index (κ1) is 10.9. The zero-order valence-electron chi connectivity index (χ0n) is 6.36. The first-order chi connectivity index (χ1) is 5.48. The van der Waals surface area contributed by atoms with Gasteiger partial charge in [0.25, 0.3) is 0 Å². The lowest BCUT2D eigenvalue weighted by Gasteiger charge is -1.96. The highest BCUT2D eigenvalue weighted by atomic mass is 32.2. The number of carboxylic acid groups (broad SMARTS) is 1. The second-order valence-electron chi connectivity index (χ2n) is 2.25. The molecule has 0 aliphatic heterocycles. The third-order valence-corrected chi connectivity index (χ3v) is 2.61. The average molecular weight is 191 g/mol. The SMILES string of the molecule is N#CCS(=O)(=O)CCCC(=O)O. The third kappa shape index (κ3) is 5.68. The molecule has 5 nitrogen and oxygen atoms in total. The molecule has 0 aromatic heterocycles. The van der Waals surface area contributed by atoms with Gasteiger partial charge in [-0.25, -0.2) is 8.42 Å². The third-order valence-electron chi connectivity index (χ3n) is 1.13. The molecule has 0 radical (unpaired) electrons. The Balaban J connectivity index is 3.79. The Bertz CT molecular complexity index is 287. The van der Waals surface area contributed by atoms with E-state index in [-0.39, 0.29) is 18.6 Å². The molecule has 1 N–H and O–H groups in total. The van der Waals surface area contributed by atoms with Gasteiger partial charge in [-0.15, -0.1) is 0 Å². The van der Waals surface area contributed by atoms with E-state index in [0.29, 0.717) is 0 Å². The molecular weight excluding hydrogens is 182 g/mol. The Labute approximate surface area is 70.5 Å². The van der Waals surface area contributed by atoms with E-state index in [2.05, 4.69) is 0 Å². The van der Waals surface area contributed by atoms with E-state index in [9.17, 15) is 13.2 Å². The van der Waals surface area contributed by atoms with Crippen LogP contribution >= 0.6 is 0 Å². The Morgan fingerprint density at radius 1 is 1.50 bits per heavy atom. The molecule has 0 aliphatic carbocycles. The van der Waals surface area contributed by atoms with Gasteiger partial charge in [0.05, 0.1) is 11.8 Å². The van der Waals surface area contributed by atoms with Crippen molar-refractivity contribution in [1.82, 2.24) is 0 Å². The zero-order chi connectivity index (χ0) is 9.61. The van der Waals surface area contributed by atoms with E-state index in [0.717, 1.165) is 0 Å². The molecule has 0 aliphatic rings. The van der Waals surface area contributed by atoms with Crippen molar-refractivity contribution in [1.29, 1.82) is 5.26 Å². The summed E-state index contributed by atoms with van der Waals surface area (Å²) in [5, 5.41) is 16.2. The van der Waals surface area contributed by atoms with Gasteiger partial charge in [0.1, 0.15) is 5.75 Å². The molecule has 0 aromatic carbocycles. The molecule has 0 atom stereocenters. The maximum atomic E-state index is 10.8. The first-order valence-corrected chi connectivity index (χ1v) is 5.09. The van der Waals surface area contributed by atoms with Crippen LogP contribution in [0, 0.1) is 11.3 Å². The van der Waals surface area contributed by atoms with E-state index < -0.39 is 21.6 Å². The van der Waals surface area contributed by atoms with Crippen molar-refractivity contribution in [3.05, 3.63) is 0 Å². The van der Waals surface area contributed by atoms with Gasteiger partial charge in [0.2, 0.25) is 0 Å². The largest absolute Gasteiger partial charge is 0.481 e. The number of carbonyl (C=O) groups is 1. The van der Waals surface area contributed by atoms with Crippen LogP contribution in [0.3, 0.4) is 0 Å². The summed E-state index contributed by atoms with van der Waals surface area (Å²) in [7, 11) is -3.35. The summed E-state index contributed by atoms with van der Waals surface area (Å²) in [4.78, 5) is 9.98. The molecule has 68 valence electrons. The zero-order valence-corrected chi connectivity index (χ0v) is 7.17. The number of nitriles is 1. The number of hydrogen-bond donors (Lipinski definition) is 1. The number of rotatable bonds is 5. The van der Waals surface area contributed by atoms with Crippen LogP contribution in [0.4, 0.5) is 0 Å². The molecule has 0 fully saturated rings. The van der Waals surface area contributed by atoms with E-state index >= 15 is 0 Å². The van der Waals surface area contributed by atoms with Crippen molar-refractivity contribution < 1.29 is 18.3 Å². The second-order valence-corrected chi connectivity index (χ2v) is 4.43. The number of nitrogens with zero attached hydrogens (tertiary/aromatic N) is 1. The van der Waals surface area contributed by atoms with E-state index in [1.807, 2.05) is 0 Å². The quantitative estimate of drug-likeness (QED) is 0.648. The van der Waals surface area contributed by atoms with Crippen molar-refractivity contribution in [3.8, 4) is 6.07 Å². The molecule has 0 heterocycles. The molecule has 0 rings (SSSR count). The fourth-order valence-electron chi connectivity index (χ4n) is 0.614. The van der Waals surface area contributed by atoms with Crippen molar-refractivity contribution >= 4 is 15.8 Å². The molecule has 0 spiro atoms. The minimum absolute atomic E-state index is 0.0688. The number of hydrogen-bond acceptors (Lipinski definition) is 4. The number of sulfone groups is 1. The summed E-state index contributed by atoms with van der Waals surface area (Å²) in [5.41, 5.74) is 0. The summed E-state index contributed by atoms with van der Waals surface area (Å²) >= 11 is 0. The summed E-state index contributed by atoms with van der Waals surface area (Å²) in [6.07, 6.45) is -0.107. The molecule has 0 bridgehead atoms. The van der Waals surface area contributed by atoms with E-state index in [1.54, 1.807) is 0 Å². The smallest absolute Gasteiger partial charge is 0.303 e. The first-order valence-electron chi connectivity index (χ1n) is 3.27. The van der Waals surface area contributed by atoms with Crippen LogP contribution in [-0.4, -0.2) is 31.0 Å². The topological polar surface area (TPSA) is 95.2 Å². The van der Waals surface area contributed by atoms with Gasteiger partial charge < -0.3 is 5.11 Å². The lowest BCUT2D eigenvalue weighted by atomic mass is 10.3. The minimum Gasteiger partial charge on any atom is -0.481 e. The Hall–Kier alpha value is -1.09. The van der Waals surface area contributed by atoms with Crippen LogP contribution < -0.4 is 0 Å². The summed E-state index contributed by atoms with van der Waals surface area (Å²) in [5.74, 6) is -1.79. The van der Waals surface area contributed by atoms with E-state index in [1.165, 1.54) is 6.07 Å². The average Bonchev–Trinajstić information content (AvgIpc) is 1.85. The van der Waals surface area contributed by atoms with Crippen molar-refractivity contribution in [3.63, 3.8) is 0 Å². The maximum Gasteiger partial charge on any atom is 0.303 e. The molecule has 0 amide bonds. The van der Waals surface area contributed by atoms with Crippen LogP contribution in [0.5, 0.6) is 0 Å². The minimum atomic E-state index is -3.35. The molecule has 12 heavy (non-hydrogen) atoms. The van der Waals surface area contributed by atoms with Crippen molar-refractivity contribution in [2.24, 2.45) is 0 Å². The lowest BCUT2D eigenvalue weighted by Crippen LogP contribution is -2.10. The van der Waals surface area contributed by atoms with Crippen LogP contribution in [0.25, 0.3) is 0 Å². The molecule has 0 aromatic rings. The Morgan fingerprint density at radius 2 is 2.08 bits per heavy atom. The summed E-state index contributed by atoms with van der Waals surface area (Å²) in [6, 6.07) is 1.51. The summed E-state index contributed by atoms with van der Waals surface area (Å²) < 4.78 is 21.6. The Morgan fingerprint density at radius 3 is 2.50 bits per heavy atom. The number of carboxylic acids is 1. The van der Waals surface area contributed by atoms with Crippen molar-refractivity contribution in [2.45, 2.75) is 12.8 Å². The standard InChI is InChI=1S/C6H9NO4S/c7-3-5-12(10,11)4-1-2-6(8)9/h1-2,4-5H2,(H,8,9). The molecule has 0 saturated carbocycles. The fourth-order valence-corrected chi connectivity index (χ4v) is 1.54. The maximum absolute atomic E-state index is 10.8. The molecular formula is C6H9NO4S. The molecule has 0 unspecified atom stereocenters. The number of aliphatic carboxylic acids is 1. The summed E-state index contributed by atoms with van der Waals surface area (Å²) in [6.45, 7) is 0. The highest BCUT2D eigenvalue weighted by molar-refractivity contribution is 7.91. The van der Waals surface area contributed by atoms with Crippen LogP contribution in [0.2, 0.25) is 0 Å². The van der Waals surface area contributed by atoms with Crippen LogP contribution in [0.15, 0.2) is 0 Å². The van der Waals surface area contributed by atoms with Gasteiger partial charge in [-0.2, -0.15) is 5.26 Å². The highest BCUT2D eigenvalue weighted by Crippen LogP contribution is 1.96. The predicted octanol–water partition coefficient (Wildman–Crippen LogP) is -0.210. The van der Waals surface area contributed by atoms with Crippen LogP contribution in [-0.2, 0) is 14.6 Å². The van der Waals surface area contributed by atoms with E-state index in [4.69, 9.17) is 10.4 Å². The normalized spacial score (nSPS) is 10.6. The van der Waals surface area contributed by atoms with Gasteiger partial charge in [0.15, 0.2) is 9.84 Å². The van der Waals surface area contributed by atoms with Gasteiger partial charge in [-0.3, -0.25) is 4.79 Å². The van der Waals surface area contributed by atoms with Gasteiger partial charge in [-0.1, -0.05) is 0 Å². The predicted molar refractivity (Wildman–Crippen MR) is 41.1 cm³/mol. The second kappa shape index (κ2) is 4.72. The van der Waals surface area contributed by atoms with Crippen LogP contribution in [0.1, 0.15) is 12.8 Å². The monoisotopic (exact) mass is 191 g/mol.